The SMILES string of the molecule is Cc1ccnc(N2CCC[C@@H](F)C2)n1. The van der Waals surface area contributed by atoms with E-state index < -0.39 is 6.17 Å². The number of piperidine rings is 1. The maximum atomic E-state index is 13.1. The Morgan fingerprint density at radius 1 is 1.57 bits per heavy atom. The molecule has 1 saturated heterocycles. The third-order valence-electron chi connectivity index (χ3n) is 2.43. The van der Waals surface area contributed by atoms with Crippen LogP contribution in [0.1, 0.15) is 18.5 Å². The van der Waals surface area contributed by atoms with Gasteiger partial charge in [-0.25, -0.2) is 14.4 Å². The molecule has 4 heteroatoms. The number of rotatable bonds is 1. The average Bonchev–Trinajstić information content (AvgIpc) is 2.18. The van der Waals surface area contributed by atoms with Crippen LogP contribution in [0.25, 0.3) is 0 Å². The monoisotopic (exact) mass is 195 g/mol. The topological polar surface area (TPSA) is 29.0 Å². The van der Waals surface area contributed by atoms with Crippen LogP contribution in [0, 0.1) is 6.92 Å². The third-order valence-corrected chi connectivity index (χ3v) is 2.43. The van der Waals surface area contributed by atoms with E-state index in [1.54, 1.807) is 6.20 Å². The van der Waals surface area contributed by atoms with E-state index in [1.165, 1.54) is 0 Å². The predicted molar refractivity (Wildman–Crippen MR) is 53.1 cm³/mol. The summed E-state index contributed by atoms with van der Waals surface area (Å²) in [6.45, 7) is 3.22. The second-order valence-electron chi connectivity index (χ2n) is 3.68. The van der Waals surface area contributed by atoms with Gasteiger partial charge in [-0.2, -0.15) is 0 Å². The molecule has 1 fully saturated rings. The first-order valence-corrected chi connectivity index (χ1v) is 4.94. The number of alkyl halides is 1. The van der Waals surface area contributed by atoms with Crippen molar-refractivity contribution in [3.05, 3.63) is 18.0 Å². The fourth-order valence-corrected chi connectivity index (χ4v) is 1.70. The average molecular weight is 195 g/mol. The van der Waals surface area contributed by atoms with Gasteiger partial charge in [-0.15, -0.1) is 0 Å². The summed E-state index contributed by atoms with van der Waals surface area (Å²) in [5.74, 6) is 0.660. The van der Waals surface area contributed by atoms with Gasteiger partial charge in [0.15, 0.2) is 0 Å². The Hall–Kier alpha value is -1.19. The number of hydrogen-bond donors (Lipinski definition) is 0. The molecule has 1 aromatic rings. The summed E-state index contributed by atoms with van der Waals surface area (Å²) in [6, 6.07) is 1.85. The molecule has 0 unspecified atom stereocenters. The summed E-state index contributed by atoms with van der Waals surface area (Å²) >= 11 is 0. The molecule has 3 nitrogen and oxygen atoms in total. The highest BCUT2D eigenvalue weighted by atomic mass is 19.1. The first-order chi connectivity index (χ1) is 6.75. The molecule has 76 valence electrons. The highest BCUT2D eigenvalue weighted by Crippen LogP contribution is 2.17. The second kappa shape index (κ2) is 3.90. The van der Waals surface area contributed by atoms with Crippen LogP contribution in [-0.4, -0.2) is 29.2 Å². The van der Waals surface area contributed by atoms with Crippen molar-refractivity contribution >= 4 is 5.95 Å². The maximum absolute atomic E-state index is 13.1. The molecule has 0 radical (unpaired) electrons. The zero-order valence-corrected chi connectivity index (χ0v) is 8.28. The number of anilines is 1. The minimum absolute atomic E-state index is 0.434. The molecule has 14 heavy (non-hydrogen) atoms. The lowest BCUT2D eigenvalue weighted by molar-refractivity contribution is 0.285. The van der Waals surface area contributed by atoms with Crippen LogP contribution in [0.3, 0.4) is 0 Å². The van der Waals surface area contributed by atoms with Crippen molar-refractivity contribution in [2.45, 2.75) is 25.9 Å². The minimum atomic E-state index is -0.729. The van der Waals surface area contributed by atoms with E-state index in [1.807, 2.05) is 17.9 Å². The van der Waals surface area contributed by atoms with Gasteiger partial charge in [0.2, 0.25) is 5.95 Å². The zero-order chi connectivity index (χ0) is 9.97. The Morgan fingerprint density at radius 3 is 3.14 bits per heavy atom. The van der Waals surface area contributed by atoms with Crippen molar-refractivity contribution in [1.29, 1.82) is 0 Å². The molecule has 1 atom stereocenters. The second-order valence-corrected chi connectivity index (χ2v) is 3.68. The summed E-state index contributed by atoms with van der Waals surface area (Å²) < 4.78 is 13.1. The molecule has 2 rings (SSSR count). The normalized spacial score (nSPS) is 22.4. The molecule has 0 aromatic carbocycles. The first-order valence-electron chi connectivity index (χ1n) is 4.94. The van der Waals surface area contributed by atoms with E-state index in [-0.39, 0.29) is 0 Å². The van der Waals surface area contributed by atoms with Gasteiger partial charge in [-0.3, -0.25) is 0 Å². The maximum Gasteiger partial charge on any atom is 0.225 e. The van der Waals surface area contributed by atoms with E-state index in [0.717, 1.165) is 18.7 Å². The number of hydrogen-bond acceptors (Lipinski definition) is 3. The van der Waals surface area contributed by atoms with E-state index in [9.17, 15) is 4.39 Å². The van der Waals surface area contributed by atoms with Crippen molar-refractivity contribution in [1.82, 2.24) is 9.97 Å². The lowest BCUT2D eigenvalue weighted by Gasteiger charge is -2.28. The fourth-order valence-electron chi connectivity index (χ4n) is 1.70. The standard InChI is InChI=1S/C10H14FN3/c1-8-4-5-12-10(13-8)14-6-2-3-9(11)7-14/h4-5,9H,2-3,6-7H2,1H3/t9-/m1/s1. The van der Waals surface area contributed by atoms with Crippen molar-refractivity contribution < 1.29 is 4.39 Å². The van der Waals surface area contributed by atoms with Gasteiger partial charge in [0.25, 0.3) is 0 Å². The van der Waals surface area contributed by atoms with Gasteiger partial charge in [0.05, 0.1) is 6.54 Å². The minimum Gasteiger partial charge on any atom is -0.338 e. The van der Waals surface area contributed by atoms with Crippen LogP contribution in [0.5, 0.6) is 0 Å². The van der Waals surface area contributed by atoms with Crippen molar-refractivity contribution in [3.8, 4) is 0 Å². The molecular weight excluding hydrogens is 181 g/mol. The number of aryl methyl sites for hydroxylation is 1. The summed E-state index contributed by atoms with van der Waals surface area (Å²) in [6.07, 6.45) is 2.55. The molecular formula is C10H14FN3. The van der Waals surface area contributed by atoms with E-state index in [4.69, 9.17) is 0 Å². The van der Waals surface area contributed by atoms with Crippen LogP contribution < -0.4 is 4.90 Å². The van der Waals surface area contributed by atoms with Crippen molar-refractivity contribution in [2.75, 3.05) is 18.0 Å². The highest BCUT2D eigenvalue weighted by molar-refractivity contribution is 5.30. The van der Waals surface area contributed by atoms with E-state index >= 15 is 0 Å². The van der Waals surface area contributed by atoms with Gasteiger partial charge in [0.1, 0.15) is 6.17 Å². The quantitative estimate of drug-likeness (QED) is 0.683. The Balaban J connectivity index is 2.14. The van der Waals surface area contributed by atoms with Gasteiger partial charge >= 0.3 is 0 Å². The summed E-state index contributed by atoms with van der Waals surface area (Å²) in [5.41, 5.74) is 0.927. The lowest BCUT2D eigenvalue weighted by Crippen LogP contribution is -2.37. The van der Waals surface area contributed by atoms with Crippen molar-refractivity contribution in [3.63, 3.8) is 0 Å². The van der Waals surface area contributed by atoms with Gasteiger partial charge in [-0.05, 0) is 25.8 Å². The Morgan fingerprint density at radius 2 is 2.43 bits per heavy atom. The number of nitrogens with zero attached hydrogens (tertiary/aromatic N) is 3. The Bertz CT molecular complexity index is 316. The molecule has 0 spiro atoms. The zero-order valence-electron chi connectivity index (χ0n) is 8.28. The van der Waals surface area contributed by atoms with Crippen LogP contribution in [-0.2, 0) is 0 Å². The molecule has 1 aliphatic rings. The van der Waals surface area contributed by atoms with Crippen LogP contribution in [0.4, 0.5) is 10.3 Å². The smallest absolute Gasteiger partial charge is 0.225 e. The third kappa shape index (κ3) is 2.00. The van der Waals surface area contributed by atoms with Crippen molar-refractivity contribution in [2.24, 2.45) is 0 Å². The summed E-state index contributed by atoms with van der Waals surface area (Å²) in [7, 11) is 0. The number of halogens is 1. The molecule has 1 aliphatic heterocycles. The molecule has 0 N–H and O–H groups in total. The van der Waals surface area contributed by atoms with Crippen LogP contribution in [0.15, 0.2) is 12.3 Å². The summed E-state index contributed by atoms with van der Waals surface area (Å²) in [5, 5.41) is 0. The molecule has 0 aliphatic carbocycles. The molecule has 0 bridgehead atoms. The van der Waals surface area contributed by atoms with Crippen LogP contribution in [0.2, 0.25) is 0 Å². The Labute approximate surface area is 83.0 Å². The largest absolute Gasteiger partial charge is 0.338 e. The number of aromatic nitrogens is 2. The summed E-state index contributed by atoms with van der Waals surface area (Å²) in [4.78, 5) is 10.3. The van der Waals surface area contributed by atoms with Crippen LogP contribution >= 0.6 is 0 Å². The molecule has 0 saturated carbocycles. The molecule has 0 amide bonds. The highest BCUT2D eigenvalue weighted by Gasteiger charge is 2.20. The van der Waals surface area contributed by atoms with Gasteiger partial charge < -0.3 is 4.90 Å². The predicted octanol–water partition coefficient (Wildman–Crippen LogP) is 1.72. The Kier molecular flexibility index (Phi) is 2.61. The molecule has 2 heterocycles. The van der Waals surface area contributed by atoms with Gasteiger partial charge in [-0.1, -0.05) is 0 Å². The van der Waals surface area contributed by atoms with E-state index in [0.29, 0.717) is 18.9 Å². The fraction of sp³-hybridized carbons (Fsp3) is 0.600. The lowest BCUT2D eigenvalue weighted by atomic mass is 10.1. The first kappa shape index (κ1) is 9.37. The van der Waals surface area contributed by atoms with Gasteiger partial charge in [0, 0.05) is 18.4 Å². The van der Waals surface area contributed by atoms with E-state index in [2.05, 4.69) is 9.97 Å². The molecule has 1 aromatic heterocycles.